The number of nitrogens with two attached hydrogens (primary N) is 1. The van der Waals surface area contributed by atoms with Crippen LogP contribution in [0.5, 0.6) is 5.75 Å². The van der Waals surface area contributed by atoms with Gasteiger partial charge in [0, 0.05) is 44.4 Å². The molecule has 1 aromatic carbocycles. The molecule has 0 fully saturated rings. The Balaban J connectivity index is 2.79. The van der Waals surface area contributed by atoms with E-state index in [9.17, 15) is 0 Å². The van der Waals surface area contributed by atoms with Gasteiger partial charge in [0.05, 0.1) is 19.3 Å². The number of benzene rings is 1. The first-order valence-electron chi connectivity index (χ1n) is 6.80. The molecule has 0 aliphatic rings. The van der Waals surface area contributed by atoms with Gasteiger partial charge >= 0.3 is 0 Å². The molecule has 1 rings (SSSR count). The third kappa shape index (κ3) is 5.47. The van der Waals surface area contributed by atoms with E-state index in [0.29, 0.717) is 32.7 Å². The molecule has 0 bridgehead atoms. The minimum absolute atomic E-state index is 0.496. The van der Waals surface area contributed by atoms with E-state index in [-0.39, 0.29) is 0 Å². The molecule has 0 aliphatic carbocycles. The Hall–Kier alpha value is -1.77. The van der Waals surface area contributed by atoms with Crippen LogP contribution in [0.25, 0.3) is 0 Å². The average Bonchev–Trinajstić information content (AvgIpc) is 2.44. The molecule has 0 atom stereocenters. The van der Waals surface area contributed by atoms with E-state index >= 15 is 0 Å². The standard InChI is InChI=1S/C15H23N3O2/c1-3-20-15-6-5-14(17)11-13(15)12-18(8-4-7-16)9-10-19-2/h5-6,11H,3-4,8-10,12,17H2,1-2H3. The van der Waals surface area contributed by atoms with Crippen LogP contribution in [0.15, 0.2) is 18.2 Å². The molecule has 0 radical (unpaired) electrons. The van der Waals surface area contributed by atoms with E-state index in [1.807, 2.05) is 25.1 Å². The first kappa shape index (κ1) is 16.3. The van der Waals surface area contributed by atoms with Crippen molar-refractivity contribution in [1.82, 2.24) is 4.90 Å². The number of hydrogen-bond acceptors (Lipinski definition) is 5. The van der Waals surface area contributed by atoms with Crippen molar-refractivity contribution in [3.8, 4) is 11.8 Å². The molecule has 2 N–H and O–H groups in total. The molecule has 20 heavy (non-hydrogen) atoms. The number of ether oxygens (including phenoxy) is 2. The Morgan fingerprint density at radius 1 is 1.35 bits per heavy atom. The summed E-state index contributed by atoms with van der Waals surface area (Å²) >= 11 is 0. The molecule has 5 heteroatoms. The van der Waals surface area contributed by atoms with Crippen LogP contribution >= 0.6 is 0 Å². The van der Waals surface area contributed by atoms with Crippen LogP contribution in [0, 0.1) is 11.3 Å². The average molecular weight is 277 g/mol. The summed E-state index contributed by atoms with van der Waals surface area (Å²) in [7, 11) is 1.68. The Morgan fingerprint density at radius 3 is 2.80 bits per heavy atom. The molecule has 0 amide bonds. The van der Waals surface area contributed by atoms with Crippen molar-refractivity contribution in [1.29, 1.82) is 5.26 Å². The zero-order chi connectivity index (χ0) is 14.8. The predicted molar refractivity (Wildman–Crippen MR) is 79.4 cm³/mol. The van der Waals surface area contributed by atoms with Gasteiger partial charge in [0.15, 0.2) is 0 Å². The zero-order valence-corrected chi connectivity index (χ0v) is 12.3. The van der Waals surface area contributed by atoms with Crippen LogP contribution in [-0.4, -0.2) is 38.3 Å². The normalized spacial score (nSPS) is 10.5. The van der Waals surface area contributed by atoms with Gasteiger partial charge in [0.25, 0.3) is 0 Å². The Kier molecular flexibility index (Phi) is 7.48. The quantitative estimate of drug-likeness (QED) is 0.699. The molecule has 0 aliphatic heterocycles. The zero-order valence-electron chi connectivity index (χ0n) is 12.3. The fraction of sp³-hybridized carbons (Fsp3) is 0.533. The van der Waals surface area contributed by atoms with E-state index in [4.69, 9.17) is 20.5 Å². The Bertz CT molecular complexity index is 443. The lowest BCUT2D eigenvalue weighted by Gasteiger charge is -2.22. The van der Waals surface area contributed by atoms with E-state index in [0.717, 1.165) is 23.5 Å². The van der Waals surface area contributed by atoms with Crippen molar-refractivity contribution in [3.63, 3.8) is 0 Å². The lowest BCUT2D eigenvalue weighted by molar-refractivity contribution is 0.144. The summed E-state index contributed by atoms with van der Waals surface area (Å²) in [6, 6.07) is 7.83. The Labute approximate surface area is 120 Å². The Morgan fingerprint density at radius 2 is 2.15 bits per heavy atom. The van der Waals surface area contributed by atoms with Crippen molar-refractivity contribution < 1.29 is 9.47 Å². The topological polar surface area (TPSA) is 71.5 Å². The molecule has 0 spiro atoms. The summed E-state index contributed by atoms with van der Waals surface area (Å²) in [5.74, 6) is 0.848. The lowest BCUT2D eigenvalue weighted by Crippen LogP contribution is -2.28. The van der Waals surface area contributed by atoms with E-state index in [1.54, 1.807) is 7.11 Å². The molecule has 110 valence electrons. The second-order valence-electron chi connectivity index (χ2n) is 4.48. The summed E-state index contributed by atoms with van der Waals surface area (Å²) in [5, 5.41) is 8.74. The third-order valence-corrected chi connectivity index (χ3v) is 2.93. The van der Waals surface area contributed by atoms with Crippen molar-refractivity contribution in [2.45, 2.75) is 19.9 Å². The molecule has 0 unspecified atom stereocenters. The summed E-state index contributed by atoms with van der Waals surface area (Å²) < 4.78 is 10.7. The molecular weight excluding hydrogens is 254 g/mol. The molecule has 1 aromatic rings. The largest absolute Gasteiger partial charge is 0.494 e. The van der Waals surface area contributed by atoms with Gasteiger partial charge in [-0.25, -0.2) is 0 Å². The number of rotatable bonds is 9. The molecule has 0 saturated heterocycles. The second-order valence-corrected chi connectivity index (χ2v) is 4.48. The van der Waals surface area contributed by atoms with Crippen LogP contribution in [0.4, 0.5) is 5.69 Å². The first-order chi connectivity index (χ1) is 9.71. The van der Waals surface area contributed by atoms with Gasteiger partial charge in [0.1, 0.15) is 5.75 Å². The van der Waals surface area contributed by atoms with E-state index in [1.165, 1.54) is 0 Å². The number of anilines is 1. The van der Waals surface area contributed by atoms with Gasteiger partial charge in [-0.1, -0.05) is 0 Å². The number of methoxy groups -OCH3 is 1. The minimum atomic E-state index is 0.496. The maximum absolute atomic E-state index is 8.74. The molecule has 0 saturated carbocycles. The minimum Gasteiger partial charge on any atom is -0.494 e. The van der Waals surface area contributed by atoms with Crippen molar-refractivity contribution in [2.24, 2.45) is 0 Å². The van der Waals surface area contributed by atoms with Crippen LogP contribution in [-0.2, 0) is 11.3 Å². The number of nitrogens with zero attached hydrogens (tertiary/aromatic N) is 2. The van der Waals surface area contributed by atoms with Crippen LogP contribution in [0.2, 0.25) is 0 Å². The monoisotopic (exact) mass is 277 g/mol. The highest BCUT2D eigenvalue weighted by molar-refractivity contribution is 5.47. The van der Waals surface area contributed by atoms with Crippen LogP contribution < -0.4 is 10.5 Å². The predicted octanol–water partition coefficient (Wildman–Crippen LogP) is 2.03. The van der Waals surface area contributed by atoms with Crippen molar-refractivity contribution in [3.05, 3.63) is 23.8 Å². The summed E-state index contributed by atoms with van der Waals surface area (Å²) in [4.78, 5) is 2.17. The van der Waals surface area contributed by atoms with Gasteiger partial charge in [-0.2, -0.15) is 5.26 Å². The smallest absolute Gasteiger partial charge is 0.123 e. The number of nitrogen functional groups attached to an aromatic ring is 1. The highest BCUT2D eigenvalue weighted by atomic mass is 16.5. The number of nitriles is 1. The highest BCUT2D eigenvalue weighted by Crippen LogP contribution is 2.23. The summed E-state index contributed by atoms with van der Waals surface area (Å²) in [6.45, 7) is 5.40. The SMILES string of the molecule is CCOc1ccc(N)cc1CN(CCC#N)CCOC. The molecule has 0 aromatic heterocycles. The van der Waals surface area contributed by atoms with Gasteiger partial charge in [-0.15, -0.1) is 0 Å². The van der Waals surface area contributed by atoms with Crippen molar-refractivity contribution in [2.75, 3.05) is 39.1 Å². The van der Waals surface area contributed by atoms with Gasteiger partial charge < -0.3 is 15.2 Å². The molecule has 5 nitrogen and oxygen atoms in total. The second kappa shape index (κ2) is 9.18. The molecule has 0 heterocycles. The summed E-state index contributed by atoms with van der Waals surface area (Å²) in [5.41, 5.74) is 7.61. The maximum atomic E-state index is 8.74. The summed E-state index contributed by atoms with van der Waals surface area (Å²) in [6.07, 6.45) is 0.496. The molecular formula is C15H23N3O2. The fourth-order valence-electron chi connectivity index (χ4n) is 1.96. The van der Waals surface area contributed by atoms with E-state index in [2.05, 4.69) is 11.0 Å². The lowest BCUT2D eigenvalue weighted by atomic mass is 10.1. The van der Waals surface area contributed by atoms with E-state index < -0.39 is 0 Å². The van der Waals surface area contributed by atoms with Gasteiger partial charge in [-0.05, 0) is 25.1 Å². The van der Waals surface area contributed by atoms with Crippen LogP contribution in [0.1, 0.15) is 18.9 Å². The van der Waals surface area contributed by atoms with Gasteiger partial charge in [-0.3, -0.25) is 4.90 Å². The van der Waals surface area contributed by atoms with Crippen molar-refractivity contribution >= 4 is 5.69 Å². The van der Waals surface area contributed by atoms with Crippen LogP contribution in [0.3, 0.4) is 0 Å². The van der Waals surface area contributed by atoms with Gasteiger partial charge in [0.2, 0.25) is 0 Å². The fourth-order valence-corrected chi connectivity index (χ4v) is 1.96. The third-order valence-electron chi connectivity index (χ3n) is 2.93. The highest BCUT2D eigenvalue weighted by Gasteiger charge is 2.10. The number of hydrogen-bond donors (Lipinski definition) is 1. The first-order valence-corrected chi connectivity index (χ1v) is 6.80. The maximum Gasteiger partial charge on any atom is 0.123 e.